The second-order valence-corrected chi connectivity index (χ2v) is 1.71. The Balaban J connectivity index is 2.92. The van der Waals surface area contributed by atoms with E-state index in [2.05, 4.69) is 0 Å². The van der Waals surface area contributed by atoms with Crippen LogP contribution >= 0.6 is 0 Å². The minimum atomic E-state index is -0.115. The fourth-order valence-electron chi connectivity index (χ4n) is 0.423. The van der Waals surface area contributed by atoms with E-state index in [0.717, 1.165) is 0 Å². The van der Waals surface area contributed by atoms with E-state index in [1.807, 2.05) is 0 Å². The fraction of sp³-hybridized carbons (Fsp3) is 1.00. The third-order valence-electron chi connectivity index (χ3n) is 0.946. The maximum atomic E-state index is 9.87. The summed E-state index contributed by atoms with van der Waals surface area (Å²) in [6.07, 6.45) is 0. The molecule has 0 unspecified atom stereocenters. The SMILES string of the molecule is CN(CC[O-])CC[O-]. The van der Waals surface area contributed by atoms with Crippen LogP contribution in [0.3, 0.4) is 0 Å². The molecule has 0 heterocycles. The molecule has 0 aliphatic heterocycles. The zero-order chi connectivity index (χ0) is 6.41. The van der Waals surface area contributed by atoms with Crippen LogP contribution in [-0.4, -0.2) is 38.3 Å². The number of hydrogen-bond acceptors (Lipinski definition) is 3. The molecular formula is C5H11NO2-2. The molecule has 0 radical (unpaired) electrons. The number of nitrogens with zero attached hydrogens (tertiary/aromatic N) is 1. The maximum Gasteiger partial charge on any atom is -0.0135 e. The molecule has 0 rings (SSSR count). The van der Waals surface area contributed by atoms with E-state index in [1.54, 1.807) is 11.9 Å². The second kappa shape index (κ2) is 5.03. The first-order chi connectivity index (χ1) is 3.81. The van der Waals surface area contributed by atoms with E-state index in [9.17, 15) is 10.2 Å². The van der Waals surface area contributed by atoms with Gasteiger partial charge in [0.05, 0.1) is 0 Å². The van der Waals surface area contributed by atoms with Crippen LogP contribution in [0.25, 0.3) is 0 Å². The predicted molar refractivity (Wildman–Crippen MR) is 27.2 cm³/mol. The van der Waals surface area contributed by atoms with Crippen LogP contribution in [0.4, 0.5) is 0 Å². The normalized spacial score (nSPS) is 10.5. The smallest absolute Gasteiger partial charge is 0.0135 e. The second-order valence-electron chi connectivity index (χ2n) is 1.71. The predicted octanol–water partition coefficient (Wildman–Crippen LogP) is -2.36. The molecule has 0 amide bonds. The first-order valence-electron chi connectivity index (χ1n) is 2.66. The van der Waals surface area contributed by atoms with Gasteiger partial charge in [0.2, 0.25) is 0 Å². The van der Waals surface area contributed by atoms with Gasteiger partial charge in [-0.25, -0.2) is 0 Å². The van der Waals surface area contributed by atoms with E-state index in [0.29, 0.717) is 13.1 Å². The van der Waals surface area contributed by atoms with Gasteiger partial charge in [0.25, 0.3) is 0 Å². The molecule has 0 saturated heterocycles. The summed E-state index contributed by atoms with van der Waals surface area (Å²) in [6, 6.07) is 0. The first kappa shape index (κ1) is 7.88. The van der Waals surface area contributed by atoms with Crippen LogP contribution in [0.5, 0.6) is 0 Å². The molecular weight excluding hydrogens is 106 g/mol. The van der Waals surface area contributed by atoms with Crippen molar-refractivity contribution in [2.45, 2.75) is 0 Å². The van der Waals surface area contributed by atoms with Crippen molar-refractivity contribution < 1.29 is 10.2 Å². The highest BCUT2D eigenvalue weighted by molar-refractivity contribution is 4.44. The summed E-state index contributed by atoms with van der Waals surface area (Å²) in [6.45, 7) is 0.747. The van der Waals surface area contributed by atoms with Crippen LogP contribution in [0.15, 0.2) is 0 Å². The lowest BCUT2D eigenvalue weighted by atomic mass is 10.5. The molecule has 0 aliphatic carbocycles. The van der Waals surface area contributed by atoms with Gasteiger partial charge in [-0.1, -0.05) is 0 Å². The third-order valence-corrected chi connectivity index (χ3v) is 0.946. The molecule has 3 heteroatoms. The molecule has 50 valence electrons. The molecule has 0 fully saturated rings. The van der Waals surface area contributed by atoms with Gasteiger partial charge >= 0.3 is 0 Å². The molecule has 0 aromatic heterocycles. The highest BCUT2D eigenvalue weighted by Crippen LogP contribution is 1.73. The van der Waals surface area contributed by atoms with Crippen molar-refractivity contribution in [2.75, 3.05) is 33.4 Å². The topological polar surface area (TPSA) is 49.4 Å². The van der Waals surface area contributed by atoms with Crippen molar-refractivity contribution in [2.24, 2.45) is 0 Å². The highest BCUT2D eigenvalue weighted by Gasteiger charge is 1.85. The van der Waals surface area contributed by atoms with Gasteiger partial charge in [0, 0.05) is 0 Å². The molecule has 0 spiro atoms. The lowest BCUT2D eigenvalue weighted by Crippen LogP contribution is -2.32. The first-order valence-corrected chi connectivity index (χ1v) is 2.66. The number of hydrogen-bond donors (Lipinski definition) is 0. The largest absolute Gasteiger partial charge is 0.854 e. The van der Waals surface area contributed by atoms with Gasteiger partial charge in [-0.2, -0.15) is 0 Å². The van der Waals surface area contributed by atoms with Gasteiger partial charge < -0.3 is 15.1 Å². The third kappa shape index (κ3) is 4.05. The van der Waals surface area contributed by atoms with E-state index < -0.39 is 0 Å². The summed E-state index contributed by atoms with van der Waals surface area (Å²) in [7, 11) is 1.77. The Morgan fingerprint density at radius 3 is 1.75 bits per heavy atom. The van der Waals surface area contributed by atoms with E-state index in [1.165, 1.54) is 0 Å². The number of likely N-dealkylation sites (N-methyl/N-ethyl adjacent to an activating group) is 1. The fourth-order valence-corrected chi connectivity index (χ4v) is 0.423. The molecule has 0 atom stereocenters. The molecule has 0 aromatic rings. The molecule has 0 N–H and O–H groups in total. The van der Waals surface area contributed by atoms with Crippen LogP contribution < -0.4 is 10.2 Å². The zero-order valence-electron chi connectivity index (χ0n) is 5.09. The van der Waals surface area contributed by atoms with Crippen LogP contribution in [0.1, 0.15) is 0 Å². The van der Waals surface area contributed by atoms with E-state index >= 15 is 0 Å². The van der Waals surface area contributed by atoms with Crippen molar-refractivity contribution in [3.63, 3.8) is 0 Å². The molecule has 0 aliphatic rings. The van der Waals surface area contributed by atoms with Gasteiger partial charge in [0.15, 0.2) is 0 Å². The standard InChI is InChI=1S/C5H11NO2/c1-6(2-4-7)3-5-8/h2-5H2,1H3/q-2. The molecule has 8 heavy (non-hydrogen) atoms. The van der Waals surface area contributed by atoms with Crippen LogP contribution in [0, 0.1) is 0 Å². The maximum absolute atomic E-state index is 9.87. The van der Waals surface area contributed by atoms with Gasteiger partial charge in [0.1, 0.15) is 0 Å². The summed E-state index contributed by atoms with van der Waals surface area (Å²) in [4.78, 5) is 1.74. The monoisotopic (exact) mass is 117 g/mol. The Morgan fingerprint density at radius 1 is 1.12 bits per heavy atom. The lowest BCUT2D eigenvalue weighted by Gasteiger charge is -2.19. The van der Waals surface area contributed by atoms with Gasteiger partial charge in [-0.05, 0) is 20.1 Å². The Hall–Kier alpha value is -0.120. The lowest BCUT2D eigenvalue weighted by molar-refractivity contribution is -0.377. The quantitative estimate of drug-likeness (QED) is 0.414. The zero-order valence-corrected chi connectivity index (χ0v) is 5.09. The van der Waals surface area contributed by atoms with Crippen LogP contribution in [0.2, 0.25) is 0 Å². The van der Waals surface area contributed by atoms with Gasteiger partial charge in [-0.15, -0.1) is 13.2 Å². The van der Waals surface area contributed by atoms with E-state index in [-0.39, 0.29) is 13.2 Å². The van der Waals surface area contributed by atoms with Crippen molar-refractivity contribution in [3.8, 4) is 0 Å². The average Bonchev–Trinajstić information content (AvgIpc) is 1.68. The summed E-state index contributed by atoms with van der Waals surface area (Å²) < 4.78 is 0. The molecule has 0 saturated carbocycles. The number of rotatable bonds is 4. The van der Waals surface area contributed by atoms with Crippen molar-refractivity contribution >= 4 is 0 Å². The molecule has 0 bridgehead atoms. The minimum absolute atomic E-state index is 0.115. The Morgan fingerprint density at radius 2 is 1.50 bits per heavy atom. The Bertz CT molecular complexity index is 43.7. The minimum Gasteiger partial charge on any atom is -0.854 e. The Labute approximate surface area is 49.5 Å². The summed E-state index contributed by atoms with van der Waals surface area (Å²) >= 11 is 0. The Kier molecular flexibility index (Phi) is 4.95. The molecule has 3 nitrogen and oxygen atoms in total. The highest BCUT2D eigenvalue weighted by atomic mass is 16.3. The summed E-state index contributed by atoms with van der Waals surface area (Å²) in [5.41, 5.74) is 0. The van der Waals surface area contributed by atoms with Crippen LogP contribution in [-0.2, 0) is 0 Å². The van der Waals surface area contributed by atoms with Crippen molar-refractivity contribution in [1.29, 1.82) is 0 Å². The van der Waals surface area contributed by atoms with E-state index in [4.69, 9.17) is 0 Å². The van der Waals surface area contributed by atoms with Crippen molar-refractivity contribution in [3.05, 3.63) is 0 Å². The molecule has 0 aromatic carbocycles. The van der Waals surface area contributed by atoms with Gasteiger partial charge in [-0.3, -0.25) is 0 Å². The summed E-state index contributed by atoms with van der Waals surface area (Å²) in [5.74, 6) is 0. The summed E-state index contributed by atoms with van der Waals surface area (Å²) in [5, 5.41) is 19.7. The van der Waals surface area contributed by atoms with Crippen molar-refractivity contribution in [1.82, 2.24) is 4.90 Å². The average molecular weight is 117 g/mol.